The van der Waals surface area contributed by atoms with Crippen molar-refractivity contribution in [3.63, 3.8) is 0 Å². The second kappa shape index (κ2) is 14.3. The fraction of sp³-hybridized carbons (Fsp3) is 0.185. The summed E-state index contributed by atoms with van der Waals surface area (Å²) in [5, 5.41) is 9.51. The van der Waals surface area contributed by atoms with Crippen molar-refractivity contribution in [2.24, 2.45) is 5.10 Å². The highest BCUT2D eigenvalue weighted by Gasteiger charge is 2.13. The maximum atomic E-state index is 12.2. The third kappa shape index (κ3) is 9.30. The Bertz CT molecular complexity index is 1250. The largest absolute Gasteiger partial charge is 0.494 e. The Morgan fingerprint density at radius 2 is 1.68 bits per heavy atom. The summed E-state index contributed by atoms with van der Waals surface area (Å²) in [6.45, 7) is 2.44. The highest BCUT2D eigenvalue weighted by Crippen LogP contribution is 2.18. The lowest BCUT2D eigenvalue weighted by molar-refractivity contribution is -0.136. The van der Waals surface area contributed by atoms with Crippen LogP contribution in [0.1, 0.15) is 25.3 Å². The molecule has 3 aromatic rings. The van der Waals surface area contributed by atoms with Crippen molar-refractivity contribution in [2.75, 3.05) is 23.8 Å². The van der Waals surface area contributed by atoms with E-state index in [4.69, 9.17) is 21.1 Å². The van der Waals surface area contributed by atoms with Gasteiger partial charge in [0.15, 0.2) is 6.61 Å². The van der Waals surface area contributed by atoms with E-state index in [2.05, 4.69) is 28.1 Å². The van der Waals surface area contributed by atoms with Crippen molar-refractivity contribution < 1.29 is 23.9 Å². The van der Waals surface area contributed by atoms with Gasteiger partial charge in [0.25, 0.3) is 5.91 Å². The number of hydrazone groups is 1. The molecule has 0 aliphatic heterocycles. The molecule has 10 heteroatoms. The first-order chi connectivity index (χ1) is 17.9. The molecule has 0 heterocycles. The average molecular weight is 523 g/mol. The highest BCUT2D eigenvalue weighted by molar-refractivity contribution is 6.39. The molecule has 0 saturated heterocycles. The van der Waals surface area contributed by atoms with Crippen molar-refractivity contribution in [2.45, 2.75) is 19.8 Å². The summed E-state index contributed by atoms with van der Waals surface area (Å²) >= 11 is 5.92. The summed E-state index contributed by atoms with van der Waals surface area (Å²) in [5.74, 6) is -1.15. The standard InChI is InChI=1S/C27H27ClN4O5/c1-2-3-15-36-23-13-11-21(12-14-23)31-26(34)27(35)32-29-17-19-7-4-5-10-24(19)37-18-25(33)30-22-9-6-8-20(28)16-22/h4-14,16-17H,2-3,15,18H2,1H3,(H,30,33)(H,31,34)(H,32,35)/b29-17-. The van der Waals surface area contributed by atoms with Crippen LogP contribution in [0.2, 0.25) is 5.02 Å². The molecule has 0 bridgehead atoms. The first-order valence-corrected chi connectivity index (χ1v) is 12.0. The van der Waals surface area contributed by atoms with Gasteiger partial charge in [-0.05, 0) is 61.0 Å². The molecular formula is C27H27ClN4O5. The summed E-state index contributed by atoms with van der Waals surface area (Å²) in [5.41, 5.74) is 3.67. The van der Waals surface area contributed by atoms with E-state index in [0.29, 0.717) is 40.1 Å². The lowest BCUT2D eigenvalue weighted by Crippen LogP contribution is -2.32. The van der Waals surface area contributed by atoms with Crippen LogP contribution in [0.4, 0.5) is 11.4 Å². The van der Waals surface area contributed by atoms with Crippen molar-refractivity contribution in [3.05, 3.63) is 83.4 Å². The first kappa shape index (κ1) is 27.2. The predicted molar refractivity (Wildman–Crippen MR) is 143 cm³/mol. The normalized spacial score (nSPS) is 10.5. The monoisotopic (exact) mass is 522 g/mol. The second-order valence-electron chi connectivity index (χ2n) is 7.76. The number of para-hydroxylation sites is 1. The van der Waals surface area contributed by atoms with E-state index >= 15 is 0 Å². The van der Waals surface area contributed by atoms with Crippen LogP contribution < -0.4 is 25.5 Å². The van der Waals surface area contributed by atoms with E-state index in [1.54, 1.807) is 72.8 Å². The van der Waals surface area contributed by atoms with Gasteiger partial charge >= 0.3 is 11.8 Å². The van der Waals surface area contributed by atoms with Crippen LogP contribution in [0.25, 0.3) is 0 Å². The zero-order valence-corrected chi connectivity index (χ0v) is 21.0. The molecule has 0 saturated carbocycles. The van der Waals surface area contributed by atoms with Crippen molar-refractivity contribution in [3.8, 4) is 11.5 Å². The molecule has 3 N–H and O–H groups in total. The zero-order valence-electron chi connectivity index (χ0n) is 20.2. The number of nitrogens with one attached hydrogen (secondary N) is 3. The number of amides is 3. The summed E-state index contributed by atoms with van der Waals surface area (Å²) in [6.07, 6.45) is 3.30. The molecule has 0 aliphatic rings. The number of rotatable bonds is 11. The Hall–Kier alpha value is -4.37. The van der Waals surface area contributed by atoms with Gasteiger partial charge in [0, 0.05) is 22.0 Å². The SMILES string of the molecule is CCCCOc1ccc(NC(=O)C(=O)N/N=C\c2ccccc2OCC(=O)Nc2cccc(Cl)c2)cc1. The Morgan fingerprint density at radius 1 is 0.892 bits per heavy atom. The smallest absolute Gasteiger partial charge is 0.329 e. The fourth-order valence-electron chi connectivity index (χ4n) is 2.99. The van der Waals surface area contributed by atoms with Crippen LogP contribution in [0, 0.1) is 0 Å². The number of hydrogen-bond acceptors (Lipinski definition) is 6. The molecule has 3 aromatic carbocycles. The number of unbranched alkanes of at least 4 members (excludes halogenated alkanes) is 1. The van der Waals surface area contributed by atoms with Gasteiger partial charge in [-0.25, -0.2) is 5.43 Å². The predicted octanol–water partition coefficient (Wildman–Crippen LogP) is 4.63. The number of hydrogen-bond donors (Lipinski definition) is 3. The minimum atomic E-state index is -0.946. The van der Waals surface area contributed by atoms with Gasteiger partial charge < -0.3 is 20.1 Å². The molecule has 0 atom stereocenters. The molecule has 0 spiro atoms. The molecule has 37 heavy (non-hydrogen) atoms. The van der Waals surface area contributed by atoms with E-state index in [-0.39, 0.29) is 12.5 Å². The van der Waals surface area contributed by atoms with Gasteiger partial charge in [-0.3, -0.25) is 14.4 Å². The third-order valence-electron chi connectivity index (χ3n) is 4.84. The van der Waals surface area contributed by atoms with Crippen LogP contribution in [0.5, 0.6) is 11.5 Å². The van der Waals surface area contributed by atoms with Crippen LogP contribution in [-0.4, -0.2) is 37.1 Å². The maximum Gasteiger partial charge on any atom is 0.329 e. The molecule has 0 unspecified atom stereocenters. The van der Waals surface area contributed by atoms with Crippen LogP contribution >= 0.6 is 11.6 Å². The van der Waals surface area contributed by atoms with Gasteiger partial charge in [-0.1, -0.05) is 43.1 Å². The minimum Gasteiger partial charge on any atom is -0.494 e. The molecule has 9 nitrogen and oxygen atoms in total. The first-order valence-electron chi connectivity index (χ1n) is 11.6. The van der Waals surface area contributed by atoms with Gasteiger partial charge in [-0.2, -0.15) is 5.10 Å². The molecule has 3 rings (SSSR count). The van der Waals surface area contributed by atoms with E-state index < -0.39 is 11.8 Å². The number of carbonyl (C=O) groups is 3. The molecule has 0 fully saturated rings. The van der Waals surface area contributed by atoms with Crippen LogP contribution in [0.15, 0.2) is 77.9 Å². The number of nitrogens with zero attached hydrogens (tertiary/aromatic N) is 1. The summed E-state index contributed by atoms with van der Waals surface area (Å²) in [6, 6.07) is 20.3. The third-order valence-corrected chi connectivity index (χ3v) is 5.08. The number of carbonyl (C=O) groups excluding carboxylic acids is 3. The summed E-state index contributed by atoms with van der Waals surface area (Å²) in [7, 11) is 0. The Labute approximate surface area is 219 Å². The van der Waals surface area contributed by atoms with Crippen molar-refractivity contribution >= 4 is 46.9 Å². The quantitative estimate of drug-likeness (QED) is 0.147. The lowest BCUT2D eigenvalue weighted by atomic mass is 10.2. The van der Waals surface area contributed by atoms with Crippen molar-refractivity contribution in [1.82, 2.24) is 5.43 Å². The van der Waals surface area contributed by atoms with Crippen LogP contribution in [0.3, 0.4) is 0 Å². The molecule has 0 aliphatic carbocycles. The molecule has 192 valence electrons. The molecule has 0 radical (unpaired) electrons. The van der Waals surface area contributed by atoms with Gasteiger partial charge in [0.05, 0.1) is 12.8 Å². The van der Waals surface area contributed by atoms with Crippen LogP contribution in [-0.2, 0) is 14.4 Å². The maximum absolute atomic E-state index is 12.2. The number of halogens is 1. The Morgan fingerprint density at radius 3 is 2.43 bits per heavy atom. The zero-order chi connectivity index (χ0) is 26.5. The number of anilines is 2. The van der Waals surface area contributed by atoms with E-state index in [1.165, 1.54) is 6.21 Å². The minimum absolute atomic E-state index is 0.255. The van der Waals surface area contributed by atoms with E-state index in [9.17, 15) is 14.4 Å². The van der Waals surface area contributed by atoms with Crippen molar-refractivity contribution in [1.29, 1.82) is 0 Å². The molecule has 0 aromatic heterocycles. The average Bonchev–Trinajstić information content (AvgIpc) is 2.89. The number of benzene rings is 3. The Balaban J connectivity index is 1.48. The van der Waals surface area contributed by atoms with Gasteiger partial charge in [0.2, 0.25) is 0 Å². The fourth-order valence-corrected chi connectivity index (χ4v) is 3.18. The van der Waals surface area contributed by atoms with Gasteiger partial charge in [0.1, 0.15) is 11.5 Å². The summed E-state index contributed by atoms with van der Waals surface area (Å²) in [4.78, 5) is 36.5. The van der Waals surface area contributed by atoms with E-state index in [1.807, 2.05) is 0 Å². The number of ether oxygens (including phenoxy) is 2. The van der Waals surface area contributed by atoms with E-state index in [0.717, 1.165) is 12.8 Å². The second-order valence-corrected chi connectivity index (χ2v) is 8.20. The molecule has 3 amide bonds. The highest BCUT2D eigenvalue weighted by atomic mass is 35.5. The topological polar surface area (TPSA) is 118 Å². The summed E-state index contributed by atoms with van der Waals surface area (Å²) < 4.78 is 11.2. The van der Waals surface area contributed by atoms with Gasteiger partial charge in [-0.15, -0.1) is 0 Å². The Kier molecular flexibility index (Phi) is 10.5. The lowest BCUT2D eigenvalue weighted by Gasteiger charge is -2.10. The molecular weight excluding hydrogens is 496 g/mol.